The van der Waals surface area contributed by atoms with Crippen LogP contribution in [0.1, 0.15) is 11.8 Å². The van der Waals surface area contributed by atoms with Crippen LogP contribution in [0.3, 0.4) is 0 Å². The van der Waals surface area contributed by atoms with Crippen LogP contribution in [0, 0.1) is 6.92 Å². The van der Waals surface area contributed by atoms with Gasteiger partial charge in [-0.3, -0.25) is 9.78 Å². The lowest BCUT2D eigenvalue weighted by Gasteiger charge is -2.22. The average molecular weight is 294 g/mol. The zero-order chi connectivity index (χ0) is 15.1. The summed E-state index contributed by atoms with van der Waals surface area (Å²) >= 11 is 0. The molecule has 2 aliphatic rings. The largest absolute Gasteiger partial charge is 0.387 e. The van der Waals surface area contributed by atoms with Crippen molar-refractivity contribution in [1.29, 1.82) is 0 Å². The van der Waals surface area contributed by atoms with Crippen LogP contribution in [0.5, 0.6) is 0 Å². The first-order valence-corrected chi connectivity index (χ1v) is 6.46. The molecule has 0 aromatic carbocycles. The van der Waals surface area contributed by atoms with E-state index < -0.39 is 30.1 Å². The number of aryl methyl sites for hydroxylation is 1. The topological polar surface area (TPSA) is 147 Å². The first-order valence-electron chi connectivity index (χ1n) is 6.46. The minimum absolute atomic E-state index is 0.0526. The standard InChI is InChI=1S/C12H14N4O5/c1-3-2-16(8-4(3)9(19)15-11(13)14-8)10-6(18)12(20)5(17)7(12)21-10/h2,5-7,10,17-18,20H,1H3,(H3,13,14,15,19)/t5?,6-,7+,10?,12-/m0/s1. The second kappa shape index (κ2) is 3.63. The Labute approximate surface area is 117 Å². The highest BCUT2D eigenvalue weighted by molar-refractivity contribution is 5.80. The summed E-state index contributed by atoms with van der Waals surface area (Å²) in [6.07, 6.45) is -2.60. The normalized spacial score (nSPS) is 37.9. The Kier molecular flexibility index (Phi) is 2.21. The molecule has 112 valence electrons. The molecule has 1 saturated carbocycles. The number of anilines is 1. The summed E-state index contributed by atoms with van der Waals surface area (Å²) in [4.78, 5) is 18.4. The number of nitrogens with zero attached hydrogens (tertiary/aromatic N) is 2. The van der Waals surface area contributed by atoms with E-state index in [1.54, 1.807) is 13.1 Å². The Hall–Kier alpha value is -1.94. The number of aromatic amines is 1. The number of nitrogens with one attached hydrogen (secondary N) is 1. The van der Waals surface area contributed by atoms with E-state index in [9.17, 15) is 20.1 Å². The molecule has 2 aromatic rings. The smallest absolute Gasteiger partial charge is 0.262 e. The minimum atomic E-state index is -1.66. The van der Waals surface area contributed by atoms with Gasteiger partial charge in [-0.05, 0) is 12.5 Å². The molecule has 1 aliphatic carbocycles. The highest BCUT2D eigenvalue weighted by Crippen LogP contribution is 2.53. The number of nitrogens with two attached hydrogens (primary N) is 1. The zero-order valence-electron chi connectivity index (χ0n) is 11.0. The van der Waals surface area contributed by atoms with Gasteiger partial charge in [0.1, 0.15) is 18.3 Å². The van der Waals surface area contributed by atoms with Gasteiger partial charge in [0.15, 0.2) is 17.5 Å². The SMILES string of the molecule is Cc1cn(C2O[C@@H]3C(O)[C@]3(O)[C@H]2O)c2nc(N)[nH]c(=O)c12. The first-order chi connectivity index (χ1) is 9.85. The molecule has 2 fully saturated rings. The molecule has 0 amide bonds. The van der Waals surface area contributed by atoms with E-state index in [0.29, 0.717) is 10.9 Å². The number of rotatable bonds is 1. The van der Waals surface area contributed by atoms with Gasteiger partial charge < -0.3 is 30.4 Å². The summed E-state index contributed by atoms with van der Waals surface area (Å²) in [5, 5.41) is 30.1. The maximum atomic E-state index is 11.9. The number of hydrogen-bond donors (Lipinski definition) is 5. The van der Waals surface area contributed by atoms with Gasteiger partial charge >= 0.3 is 0 Å². The fraction of sp³-hybridized carbons (Fsp3) is 0.500. The van der Waals surface area contributed by atoms with Gasteiger partial charge in [0, 0.05) is 6.20 Å². The monoisotopic (exact) mass is 294 g/mol. The zero-order valence-corrected chi connectivity index (χ0v) is 11.0. The predicted octanol–water partition coefficient (Wildman–Crippen LogP) is -2.02. The highest BCUT2D eigenvalue weighted by Gasteiger charge is 2.76. The molecular formula is C12H14N4O5. The van der Waals surface area contributed by atoms with Gasteiger partial charge in [-0.25, -0.2) is 0 Å². The van der Waals surface area contributed by atoms with Crippen molar-refractivity contribution in [3.05, 3.63) is 22.1 Å². The van der Waals surface area contributed by atoms with Crippen LogP contribution in [0.2, 0.25) is 0 Å². The lowest BCUT2D eigenvalue weighted by Crippen LogP contribution is -2.36. The third kappa shape index (κ3) is 1.38. The van der Waals surface area contributed by atoms with Gasteiger partial charge in [-0.15, -0.1) is 0 Å². The molecule has 2 unspecified atom stereocenters. The molecule has 9 heteroatoms. The minimum Gasteiger partial charge on any atom is -0.387 e. The third-order valence-electron chi connectivity index (χ3n) is 4.30. The summed E-state index contributed by atoms with van der Waals surface area (Å²) in [6.45, 7) is 1.72. The van der Waals surface area contributed by atoms with Crippen molar-refractivity contribution in [3.8, 4) is 0 Å². The number of H-pyrrole nitrogens is 1. The van der Waals surface area contributed by atoms with E-state index >= 15 is 0 Å². The lowest BCUT2D eigenvalue weighted by molar-refractivity contribution is -0.0940. The molecule has 2 aromatic heterocycles. The van der Waals surface area contributed by atoms with Crippen molar-refractivity contribution in [3.63, 3.8) is 0 Å². The van der Waals surface area contributed by atoms with Crippen molar-refractivity contribution in [1.82, 2.24) is 14.5 Å². The summed E-state index contributed by atoms with van der Waals surface area (Å²) in [7, 11) is 0. The van der Waals surface area contributed by atoms with E-state index in [0.717, 1.165) is 0 Å². The van der Waals surface area contributed by atoms with Crippen LogP contribution in [0.4, 0.5) is 5.95 Å². The van der Waals surface area contributed by atoms with E-state index in [1.807, 2.05) is 0 Å². The van der Waals surface area contributed by atoms with E-state index in [2.05, 4.69) is 9.97 Å². The van der Waals surface area contributed by atoms with Crippen molar-refractivity contribution in [2.45, 2.75) is 37.1 Å². The van der Waals surface area contributed by atoms with Crippen LogP contribution in [-0.4, -0.2) is 53.8 Å². The quantitative estimate of drug-likeness (QED) is 0.408. The Morgan fingerprint density at radius 1 is 1.48 bits per heavy atom. The van der Waals surface area contributed by atoms with Crippen LogP contribution < -0.4 is 11.3 Å². The fourth-order valence-corrected chi connectivity index (χ4v) is 3.09. The molecule has 4 rings (SSSR count). The van der Waals surface area contributed by atoms with E-state index in [4.69, 9.17) is 10.5 Å². The molecule has 5 atom stereocenters. The second-order valence-electron chi connectivity index (χ2n) is 5.59. The number of ether oxygens (including phenoxy) is 1. The molecule has 1 saturated heterocycles. The molecular weight excluding hydrogens is 280 g/mol. The number of aliphatic hydroxyl groups is 3. The molecule has 0 radical (unpaired) electrons. The van der Waals surface area contributed by atoms with E-state index in [-0.39, 0.29) is 17.2 Å². The van der Waals surface area contributed by atoms with Crippen molar-refractivity contribution >= 4 is 17.0 Å². The van der Waals surface area contributed by atoms with Gasteiger partial charge in [0.25, 0.3) is 5.56 Å². The molecule has 1 aliphatic heterocycles. The molecule has 9 nitrogen and oxygen atoms in total. The number of hydrogen-bond acceptors (Lipinski definition) is 7. The Morgan fingerprint density at radius 3 is 2.81 bits per heavy atom. The van der Waals surface area contributed by atoms with Crippen molar-refractivity contribution < 1.29 is 20.1 Å². The van der Waals surface area contributed by atoms with Gasteiger partial charge in [0.2, 0.25) is 5.95 Å². The lowest BCUT2D eigenvalue weighted by atomic mass is 10.1. The molecule has 0 bridgehead atoms. The van der Waals surface area contributed by atoms with Crippen LogP contribution >= 0.6 is 0 Å². The highest BCUT2D eigenvalue weighted by atomic mass is 16.6. The Morgan fingerprint density at radius 2 is 2.19 bits per heavy atom. The Balaban J connectivity index is 1.88. The average Bonchev–Trinajstić information content (AvgIpc) is 2.69. The van der Waals surface area contributed by atoms with Gasteiger partial charge in [0.05, 0.1) is 5.39 Å². The van der Waals surface area contributed by atoms with Crippen LogP contribution in [-0.2, 0) is 4.74 Å². The van der Waals surface area contributed by atoms with Crippen molar-refractivity contribution in [2.75, 3.05) is 5.73 Å². The molecule has 3 heterocycles. The number of fused-ring (bicyclic) bond motifs is 2. The fourth-order valence-electron chi connectivity index (χ4n) is 3.09. The Bertz CT molecular complexity index is 814. The maximum absolute atomic E-state index is 11.9. The molecule has 0 spiro atoms. The predicted molar refractivity (Wildman–Crippen MR) is 70.4 cm³/mol. The molecule has 21 heavy (non-hydrogen) atoms. The molecule has 6 N–H and O–H groups in total. The third-order valence-corrected chi connectivity index (χ3v) is 4.30. The number of aliphatic hydroxyl groups excluding tert-OH is 2. The maximum Gasteiger partial charge on any atom is 0.262 e. The van der Waals surface area contributed by atoms with Gasteiger partial charge in [-0.1, -0.05) is 0 Å². The van der Waals surface area contributed by atoms with Gasteiger partial charge in [-0.2, -0.15) is 4.98 Å². The summed E-state index contributed by atoms with van der Waals surface area (Å²) in [6, 6.07) is 0. The van der Waals surface area contributed by atoms with Crippen LogP contribution in [0.25, 0.3) is 11.0 Å². The number of nitrogen functional groups attached to an aromatic ring is 1. The first kappa shape index (κ1) is 12.8. The summed E-state index contributed by atoms with van der Waals surface area (Å²) in [5.74, 6) is -0.0526. The summed E-state index contributed by atoms with van der Waals surface area (Å²) in [5.41, 5.74) is 4.40. The summed E-state index contributed by atoms with van der Waals surface area (Å²) < 4.78 is 6.93. The van der Waals surface area contributed by atoms with Crippen molar-refractivity contribution in [2.24, 2.45) is 0 Å². The number of aromatic nitrogens is 3. The van der Waals surface area contributed by atoms with E-state index in [1.165, 1.54) is 4.57 Å². The van der Waals surface area contributed by atoms with Crippen LogP contribution in [0.15, 0.2) is 11.0 Å². The second-order valence-corrected chi connectivity index (χ2v) is 5.59.